The molecule has 0 atom stereocenters. The van der Waals surface area contributed by atoms with Crippen molar-refractivity contribution < 1.29 is 0 Å². The Morgan fingerprint density at radius 2 is 1.78 bits per heavy atom. The van der Waals surface area contributed by atoms with Crippen molar-refractivity contribution in [3.8, 4) is 0 Å². The lowest BCUT2D eigenvalue weighted by atomic mass is 9.91. The minimum absolute atomic E-state index is 0.00540. The average Bonchev–Trinajstić information content (AvgIpc) is 2.55. The number of rotatable bonds is 1. The summed E-state index contributed by atoms with van der Waals surface area (Å²) >= 11 is 0. The minimum atomic E-state index is -0.0618. The molecule has 0 spiro atoms. The molecule has 0 unspecified atom stereocenters. The van der Waals surface area contributed by atoms with Crippen LogP contribution >= 0.6 is 0 Å². The molecule has 2 rings (SSSR count). The Kier molecular flexibility index (Phi) is 3.88. The van der Waals surface area contributed by atoms with Gasteiger partial charge in [0, 0.05) is 17.4 Å². The standard InChI is InChI=1S/C15H24N2O/c1-15(2,3)12-10-13(18)17-14(16-12)11-8-6-4-5-7-9-11/h10-11H,4-9H2,1-3H3,(H,16,17,18). The Labute approximate surface area is 109 Å². The first-order chi connectivity index (χ1) is 8.47. The number of aromatic amines is 1. The monoisotopic (exact) mass is 248 g/mol. The zero-order valence-corrected chi connectivity index (χ0v) is 11.8. The molecule has 1 aliphatic rings. The summed E-state index contributed by atoms with van der Waals surface area (Å²) in [6, 6.07) is 1.64. The van der Waals surface area contributed by atoms with E-state index in [1.54, 1.807) is 6.07 Å². The van der Waals surface area contributed by atoms with Gasteiger partial charge < -0.3 is 4.98 Å². The van der Waals surface area contributed by atoms with Gasteiger partial charge >= 0.3 is 0 Å². The average molecular weight is 248 g/mol. The highest BCUT2D eigenvalue weighted by atomic mass is 16.1. The lowest BCUT2D eigenvalue weighted by molar-refractivity contribution is 0.524. The lowest BCUT2D eigenvalue weighted by Gasteiger charge is -2.20. The van der Waals surface area contributed by atoms with E-state index in [1.165, 1.54) is 25.7 Å². The highest BCUT2D eigenvalue weighted by molar-refractivity contribution is 5.14. The Hall–Kier alpha value is -1.12. The molecular formula is C15H24N2O. The van der Waals surface area contributed by atoms with E-state index in [-0.39, 0.29) is 11.0 Å². The van der Waals surface area contributed by atoms with Gasteiger partial charge in [0.05, 0.1) is 5.69 Å². The van der Waals surface area contributed by atoms with Gasteiger partial charge in [0.1, 0.15) is 5.82 Å². The third-order valence-corrected chi connectivity index (χ3v) is 3.77. The van der Waals surface area contributed by atoms with E-state index >= 15 is 0 Å². The fourth-order valence-corrected chi connectivity index (χ4v) is 2.61. The molecule has 1 saturated carbocycles. The van der Waals surface area contributed by atoms with Crippen molar-refractivity contribution in [2.24, 2.45) is 0 Å². The van der Waals surface area contributed by atoms with Crippen molar-refractivity contribution in [3.05, 3.63) is 27.9 Å². The van der Waals surface area contributed by atoms with Gasteiger partial charge in [-0.25, -0.2) is 4.98 Å². The molecule has 0 bridgehead atoms. The number of hydrogen-bond acceptors (Lipinski definition) is 2. The topological polar surface area (TPSA) is 45.8 Å². The molecule has 1 aromatic rings. The van der Waals surface area contributed by atoms with Crippen LogP contribution in [-0.4, -0.2) is 9.97 Å². The van der Waals surface area contributed by atoms with E-state index in [1.807, 2.05) is 0 Å². The van der Waals surface area contributed by atoms with Gasteiger partial charge in [0.15, 0.2) is 0 Å². The predicted octanol–water partition coefficient (Wildman–Crippen LogP) is 3.51. The Morgan fingerprint density at radius 1 is 1.17 bits per heavy atom. The van der Waals surface area contributed by atoms with E-state index in [2.05, 4.69) is 25.8 Å². The van der Waals surface area contributed by atoms with Gasteiger partial charge in [-0.3, -0.25) is 4.79 Å². The highest BCUT2D eigenvalue weighted by Gasteiger charge is 2.21. The van der Waals surface area contributed by atoms with Crippen molar-refractivity contribution in [1.29, 1.82) is 0 Å². The number of aromatic nitrogens is 2. The third-order valence-electron chi connectivity index (χ3n) is 3.77. The predicted molar refractivity (Wildman–Crippen MR) is 74.0 cm³/mol. The smallest absolute Gasteiger partial charge is 0.251 e. The molecule has 3 heteroatoms. The molecule has 1 heterocycles. The Morgan fingerprint density at radius 3 is 2.33 bits per heavy atom. The van der Waals surface area contributed by atoms with E-state index in [0.29, 0.717) is 5.92 Å². The molecule has 3 nitrogen and oxygen atoms in total. The van der Waals surface area contributed by atoms with Crippen LogP contribution in [0.3, 0.4) is 0 Å². The number of nitrogens with zero attached hydrogens (tertiary/aromatic N) is 1. The van der Waals surface area contributed by atoms with E-state index in [9.17, 15) is 4.79 Å². The first kappa shape index (κ1) is 13.3. The summed E-state index contributed by atoms with van der Waals surface area (Å²) in [6.45, 7) is 6.31. The zero-order valence-electron chi connectivity index (χ0n) is 11.8. The number of hydrogen-bond donors (Lipinski definition) is 1. The van der Waals surface area contributed by atoms with Crippen molar-refractivity contribution in [3.63, 3.8) is 0 Å². The van der Waals surface area contributed by atoms with Gasteiger partial charge in [-0.15, -0.1) is 0 Å². The van der Waals surface area contributed by atoms with Crippen LogP contribution in [0.15, 0.2) is 10.9 Å². The lowest BCUT2D eigenvalue weighted by Crippen LogP contribution is -2.22. The molecule has 0 aliphatic heterocycles. The van der Waals surface area contributed by atoms with Crippen LogP contribution in [0.2, 0.25) is 0 Å². The second-order valence-electron chi connectivity index (χ2n) is 6.45. The van der Waals surface area contributed by atoms with E-state index in [0.717, 1.165) is 24.4 Å². The van der Waals surface area contributed by atoms with E-state index in [4.69, 9.17) is 4.98 Å². The van der Waals surface area contributed by atoms with Crippen LogP contribution < -0.4 is 5.56 Å². The van der Waals surface area contributed by atoms with Crippen molar-refractivity contribution in [2.45, 2.75) is 70.6 Å². The quantitative estimate of drug-likeness (QED) is 0.773. The van der Waals surface area contributed by atoms with Crippen molar-refractivity contribution in [1.82, 2.24) is 9.97 Å². The Balaban J connectivity index is 2.32. The molecule has 0 saturated heterocycles. The summed E-state index contributed by atoms with van der Waals surface area (Å²) in [6.07, 6.45) is 7.48. The number of nitrogens with one attached hydrogen (secondary N) is 1. The molecule has 100 valence electrons. The normalized spacial score (nSPS) is 18.6. The summed E-state index contributed by atoms with van der Waals surface area (Å²) in [5, 5.41) is 0. The molecule has 1 aliphatic carbocycles. The molecule has 1 fully saturated rings. The fourth-order valence-electron chi connectivity index (χ4n) is 2.61. The van der Waals surface area contributed by atoms with Crippen LogP contribution in [0.4, 0.5) is 0 Å². The highest BCUT2D eigenvalue weighted by Crippen LogP contribution is 2.30. The van der Waals surface area contributed by atoms with E-state index < -0.39 is 0 Å². The van der Waals surface area contributed by atoms with Crippen LogP contribution in [0, 0.1) is 0 Å². The van der Waals surface area contributed by atoms with Crippen LogP contribution in [0.25, 0.3) is 0 Å². The second-order valence-corrected chi connectivity index (χ2v) is 6.45. The van der Waals surface area contributed by atoms with Gasteiger partial charge in [-0.1, -0.05) is 46.5 Å². The number of H-pyrrole nitrogens is 1. The SMILES string of the molecule is CC(C)(C)c1cc(=O)[nH]c(C2CCCCCC2)n1. The largest absolute Gasteiger partial charge is 0.310 e. The first-order valence-electron chi connectivity index (χ1n) is 7.08. The third kappa shape index (κ3) is 3.21. The summed E-state index contributed by atoms with van der Waals surface area (Å²) in [5.74, 6) is 1.36. The molecule has 1 N–H and O–H groups in total. The maximum Gasteiger partial charge on any atom is 0.251 e. The van der Waals surface area contributed by atoms with Gasteiger partial charge in [-0.05, 0) is 12.8 Å². The second kappa shape index (κ2) is 5.25. The summed E-state index contributed by atoms with van der Waals surface area (Å²) in [7, 11) is 0. The zero-order chi connectivity index (χ0) is 13.2. The molecule has 0 amide bonds. The molecule has 0 aromatic carbocycles. The maximum atomic E-state index is 11.8. The molecule has 18 heavy (non-hydrogen) atoms. The first-order valence-corrected chi connectivity index (χ1v) is 7.08. The fraction of sp³-hybridized carbons (Fsp3) is 0.733. The Bertz CT molecular complexity index is 448. The summed E-state index contributed by atoms with van der Waals surface area (Å²) < 4.78 is 0. The van der Waals surface area contributed by atoms with Gasteiger partial charge in [0.2, 0.25) is 0 Å². The van der Waals surface area contributed by atoms with Crippen LogP contribution in [0.5, 0.6) is 0 Å². The van der Waals surface area contributed by atoms with Gasteiger partial charge in [0.25, 0.3) is 5.56 Å². The molecule has 0 radical (unpaired) electrons. The van der Waals surface area contributed by atoms with Crippen molar-refractivity contribution >= 4 is 0 Å². The molecular weight excluding hydrogens is 224 g/mol. The van der Waals surface area contributed by atoms with Crippen molar-refractivity contribution in [2.75, 3.05) is 0 Å². The summed E-state index contributed by atoms with van der Waals surface area (Å²) in [5.41, 5.74) is 0.841. The molecule has 1 aromatic heterocycles. The summed E-state index contributed by atoms with van der Waals surface area (Å²) in [4.78, 5) is 19.5. The van der Waals surface area contributed by atoms with Crippen LogP contribution in [0.1, 0.15) is 76.7 Å². The van der Waals surface area contributed by atoms with Crippen LogP contribution in [-0.2, 0) is 5.41 Å². The minimum Gasteiger partial charge on any atom is -0.310 e. The van der Waals surface area contributed by atoms with Gasteiger partial charge in [-0.2, -0.15) is 0 Å². The maximum absolute atomic E-state index is 11.8.